The van der Waals surface area contributed by atoms with Crippen LogP contribution in [0.1, 0.15) is 18.1 Å². The van der Waals surface area contributed by atoms with Crippen molar-refractivity contribution >= 4 is 17.8 Å². The second-order valence-electron chi connectivity index (χ2n) is 5.16. The van der Waals surface area contributed by atoms with Crippen LogP contribution in [0.2, 0.25) is 0 Å². The number of amides is 1. The Morgan fingerprint density at radius 3 is 2.42 bits per heavy atom. The van der Waals surface area contributed by atoms with E-state index >= 15 is 0 Å². The molecule has 0 fully saturated rings. The zero-order chi connectivity index (χ0) is 17.5. The monoisotopic (exact) mass is 327 g/mol. The third-order valence-electron chi connectivity index (χ3n) is 3.20. The first-order valence-electron chi connectivity index (χ1n) is 7.26. The van der Waals surface area contributed by atoms with Gasteiger partial charge in [0.15, 0.2) is 6.10 Å². The van der Waals surface area contributed by atoms with Crippen LogP contribution in [0, 0.1) is 17.0 Å². The van der Waals surface area contributed by atoms with Crippen LogP contribution < -0.4 is 10.2 Å². The van der Waals surface area contributed by atoms with E-state index in [0.717, 1.165) is 11.1 Å². The van der Waals surface area contributed by atoms with E-state index in [9.17, 15) is 14.9 Å². The lowest BCUT2D eigenvalue weighted by Crippen LogP contribution is -2.33. The van der Waals surface area contributed by atoms with E-state index in [2.05, 4.69) is 10.5 Å². The van der Waals surface area contributed by atoms with Crippen LogP contribution in [0.3, 0.4) is 0 Å². The largest absolute Gasteiger partial charge is 0.481 e. The van der Waals surface area contributed by atoms with Crippen molar-refractivity contribution in [3.05, 3.63) is 69.8 Å². The zero-order valence-corrected chi connectivity index (χ0v) is 13.3. The molecule has 0 saturated heterocycles. The van der Waals surface area contributed by atoms with Crippen LogP contribution in [0.15, 0.2) is 53.6 Å². The number of nitro benzene ring substituents is 1. The van der Waals surface area contributed by atoms with Crippen LogP contribution in [0.5, 0.6) is 5.75 Å². The number of hydrazone groups is 1. The van der Waals surface area contributed by atoms with E-state index in [4.69, 9.17) is 4.74 Å². The van der Waals surface area contributed by atoms with Crippen molar-refractivity contribution in [3.63, 3.8) is 0 Å². The fourth-order valence-electron chi connectivity index (χ4n) is 1.82. The van der Waals surface area contributed by atoms with E-state index in [-0.39, 0.29) is 5.69 Å². The van der Waals surface area contributed by atoms with Crippen molar-refractivity contribution in [1.82, 2.24) is 5.43 Å². The molecule has 0 aliphatic heterocycles. The van der Waals surface area contributed by atoms with Gasteiger partial charge in [0.2, 0.25) is 0 Å². The van der Waals surface area contributed by atoms with Gasteiger partial charge in [-0.1, -0.05) is 29.8 Å². The van der Waals surface area contributed by atoms with Crippen LogP contribution >= 0.6 is 0 Å². The van der Waals surface area contributed by atoms with Crippen LogP contribution in [-0.4, -0.2) is 23.1 Å². The molecule has 0 bridgehead atoms. The molecule has 2 aromatic rings. The Labute approximate surface area is 139 Å². The summed E-state index contributed by atoms with van der Waals surface area (Å²) in [6.45, 7) is 3.55. The van der Waals surface area contributed by atoms with Gasteiger partial charge in [0.25, 0.3) is 11.6 Å². The van der Waals surface area contributed by atoms with E-state index in [0.29, 0.717) is 5.75 Å². The van der Waals surface area contributed by atoms with Gasteiger partial charge in [0.05, 0.1) is 11.1 Å². The number of carbonyl (C=O) groups excluding carboxylic acids is 1. The number of nitro groups is 1. The minimum atomic E-state index is -0.790. The SMILES string of the molecule is Cc1ccc(C=NNC(=O)C(C)Oc2ccc([N+](=O)[O-])cc2)cc1. The Hall–Kier alpha value is -3.22. The fourth-order valence-corrected chi connectivity index (χ4v) is 1.82. The fraction of sp³-hybridized carbons (Fsp3) is 0.176. The number of non-ortho nitro benzene ring substituents is 1. The molecule has 1 amide bonds. The number of rotatable bonds is 6. The summed E-state index contributed by atoms with van der Waals surface area (Å²) in [5.41, 5.74) is 4.36. The summed E-state index contributed by atoms with van der Waals surface area (Å²) >= 11 is 0. The van der Waals surface area contributed by atoms with Crippen molar-refractivity contribution in [2.75, 3.05) is 0 Å². The van der Waals surface area contributed by atoms with Gasteiger partial charge in [0, 0.05) is 12.1 Å². The van der Waals surface area contributed by atoms with Crippen molar-refractivity contribution in [3.8, 4) is 5.75 Å². The summed E-state index contributed by atoms with van der Waals surface area (Å²) in [6.07, 6.45) is 0.747. The lowest BCUT2D eigenvalue weighted by molar-refractivity contribution is -0.384. The molecule has 2 aromatic carbocycles. The minimum absolute atomic E-state index is 0.0397. The van der Waals surface area contributed by atoms with Gasteiger partial charge in [-0.15, -0.1) is 0 Å². The summed E-state index contributed by atoms with van der Waals surface area (Å²) in [5.74, 6) is -0.0533. The number of nitrogens with one attached hydrogen (secondary N) is 1. The highest BCUT2D eigenvalue weighted by Crippen LogP contribution is 2.18. The summed E-state index contributed by atoms with van der Waals surface area (Å²) < 4.78 is 5.42. The van der Waals surface area contributed by atoms with Gasteiger partial charge in [0.1, 0.15) is 5.75 Å². The van der Waals surface area contributed by atoms with Crippen molar-refractivity contribution in [2.24, 2.45) is 5.10 Å². The molecular weight excluding hydrogens is 310 g/mol. The molecule has 124 valence electrons. The normalized spacial score (nSPS) is 11.9. The minimum Gasteiger partial charge on any atom is -0.481 e. The number of hydrogen-bond donors (Lipinski definition) is 1. The topological polar surface area (TPSA) is 93.8 Å². The van der Waals surface area contributed by atoms with Crippen LogP contribution in [0.25, 0.3) is 0 Å². The molecule has 0 heterocycles. The molecule has 0 aromatic heterocycles. The van der Waals surface area contributed by atoms with Crippen LogP contribution in [-0.2, 0) is 4.79 Å². The summed E-state index contributed by atoms with van der Waals surface area (Å²) in [5, 5.41) is 14.5. The number of hydrogen-bond acceptors (Lipinski definition) is 5. The Morgan fingerprint density at radius 2 is 1.83 bits per heavy atom. The lowest BCUT2D eigenvalue weighted by atomic mass is 10.2. The Kier molecular flexibility index (Phi) is 5.62. The molecule has 1 N–H and O–H groups in total. The molecule has 0 saturated carbocycles. The summed E-state index contributed by atoms with van der Waals surface area (Å²) in [7, 11) is 0. The van der Waals surface area contributed by atoms with Crippen molar-refractivity contribution in [2.45, 2.75) is 20.0 Å². The number of nitrogens with zero attached hydrogens (tertiary/aromatic N) is 2. The maximum absolute atomic E-state index is 11.9. The quantitative estimate of drug-likeness (QED) is 0.501. The van der Waals surface area contributed by atoms with Gasteiger partial charge >= 0.3 is 0 Å². The zero-order valence-electron chi connectivity index (χ0n) is 13.3. The highest BCUT2D eigenvalue weighted by Gasteiger charge is 2.14. The first-order chi connectivity index (χ1) is 11.5. The predicted molar refractivity (Wildman–Crippen MR) is 90.1 cm³/mol. The van der Waals surface area contributed by atoms with Crippen LogP contribution in [0.4, 0.5) is 5.69 Å². The molecular formula is C17H17N3O4. The summed E-state index contributed by atoms with van der Waals surface area (Å²) in [4.78, 5) is 22.0. The third kappa shape index (κ3) is 4.91. The standard InChI is InChI=1S/C17H17N3O4/c1-12-3-5-14(6-4-12)11-18-19-17(21)13(2)24-16-9-7-15(8-10-16)20(22)23/h3-11,13H,1-2H3,(H,19,21). The first-order valence-corrected chi connectivity index (χ1v) is 7.26. The molecule has 1 unspecified atom stereocenters. The van der Waals surface area contributed by atoms with Gasteiger partial charge < -0.3 is 4.74 Å². The average molecular weight is 327 g/mol. The van der Waals surface area contributed by atoms with E-state index in [1.807, 2.05) is 31.2 Å². The number of aryl methyl sites for hydroxylation is 1. The molecule has 0 spiro atoms. The summed E-state index contributed by atoms with van der Waals surface area (Å²) in [6, 6.07) is 13.2. The third-order valence-corrected chi connectivity index (χ3v) is 3.20. The van der Waals surface area contributed by atoms with Crippen molar-refractivity contribution < 1.29 is 14.5 Å². The smallest absolute Gasteiger partial charge is 0.280 e. The van der Waals surface area contributed by atoms with E-state index in [1.165, 1.54) is 30.5 Å². The Bertz CT molecular complexity index is 739. The van der Waals surface area contributed by atoms with Gasteiger partial charge in [-0.2, -0.15) is 5.10 Å². The molecule has 1 atom stereocenters. The molecule has 24 heavy (non-hydrogen) atoms. The molecule has 7 heteroatoms. The maximum atomic E-state index is 11.9. The molecule has 7 nitrogen and oxygen atoms in total. The highest BCUT2D eigenvalue weighted by molar-refractivity contribution is 5.84. The van der Waals surface area contributed by atoms with E-state index in [1.54, 1.807) is 6.92 Å². The maximum Gasteiger partial charge on any atom is 0.280 e. The van der Waals surface area contributed by atoms with Crippen molar-refractivity contribution in [1.29, 1.82) is 0 Å². The number of carbonyl (C=O) groups is 1. The molecule has 0 aliphatic carbocycles. The Morgan fingerprint density at radius 1 is 1.21 bits per heavy atom. The second kappa shape index (κ2) is 7.87. The lowest BCUT2D eigenvalue weighted by Gasteiger charge is -2.12. The molecule has 0 radical (unpaired) electrons. The highest BCUT2D eigenvalue weighted by atomic mass is 16.6. The van der Waals surface area contributed by atoms with Gasteiger partial charge in [-0.05, 0) is 31.5 Å². The average Bonchev–Trinajstić information content (AvgIpc) is 2.57. The predicted octanol–water partition coefficient (Wildman–Crippen LogP) is 2.82. The number of benzene rings is 2. The molecule has 0 aliphatic rings. The van der Waals surface area contributed by atoms with Gasteiger partial charge in [-0.3, -0.25) is 14.9 Å². The molecule has 2 rings (SSSR count). The Balaban J connectivity index is 1.87. The van der Waals surface area contributed by atoms with E-state index < -0.39 is 16.9 Å². The first kappa shape index (κ1) is 17.1. The second-order valence-corrected chi connectivity index (χ2v) is 5.16. The van der Waals surface area contributed by atoms with Gasteiger partial charge in [-0.25, -0.2) is 5.43 Å². The number of ether oxygens (including phenoxy) is 1.